The van der Waals surface area contributed by atoms with Crippen LogP contribution in [0.4, 0.5) is 4.79 Å². The van der Waals surface area contributed by atoms with Crippen molar-refractivity contribution in [1.29, 1.82) is 0 Å². The lowest BCUT2D eigenvalue weighted by Gasteiger charge is -2.38. The van der Waals surface area contributed by atoms with Crippen LogP contribution in [0, 0.1) is 0 Å². The standard InChI is InChI=1S/C15H26N2O4/c1-2-12-6-4-3-5-7-17(12)15(20)16-8-9-21-13(11-16)10-14(18)19/h12-13H,2-11H2,1H3,(H,18,19). The fourth-order valence-corrected chi connectivity index (χ4v) is 3.25. The lowest BCUT2D eigenvalue weighted by atomic mass is 10.1. The number of hydrogen-bond donors (Lipinski definition) is 1. The van der Waals surface area contributed by atoms with E-state index >= 15 is 0 Å². The van der Waals surface area contributed by atoms with E-state index in [1.807, 2.05) is 4.90 Å². The Labute approximate surface area is 126 Å². The third-order valence-corrected chi connectivity index (χ3v) is 4.41. The number of carbonyl (C=O) groups excluding carboxylic acids is 1. The van der Waals surface area contributed by atoms with Crippen LogP contribution in [-0.2, 0) is 9.53 Å². The van der Waals surface area contributed by atoms with Crippen molar-refractivity contribution in [3.8, 4) is 0 Å². The van der Waals surface area contributed by atoms with Gasteiger partial charge in [0.2, 0.25) is 0 Å². The molecule has 0 aromatic heterocycles. The molecule has 0 saturated carbocycles. The van der Waals surface area contributed by atoms with Crippen molar-refractivity contribution in [2.75, 3.05) is 26.2 Å². The number of urea groups is 1. The summed E-state index contributed by atoms with van der Waals surface area (Å²) in [7, 11) is 0. The Morgan fingerprint density at radius 2 is 2.05 bits per heavy atom. The third kappa shape index (κ3) is 4.33. The highest BCUT2D eigenvalue weighted by molar-refractivity contribution is 5.75. The molecule has 2 saturated heterocycles. The molecule has 21 heavy (non-hydrogen) atoms. The average Bonchev–Trinajstić information content (AvgIpc) is 2.71. The van der Waals surface area contributed by atoms with Crippen LogP contribution in [-0.4, -0.2) is 65.3 Å². The van der Waals surface area contributed by atoms with E-state index in [-0.39, 0.29) is 18.6 Å². The molecule has 0 radical (unpaired) electrons. The van der Waals surface area contributed by atoms with E-state index in [0.717, 1.165) is 25.8 Å². The SMILES string of the molecule is CCC1CCCCCN1C(=O)N1CCOC(CC(=O)O)C1. The second-order valence-electron chi connectivity index (χ2n) is 5.92. The normalized spacial score (nSPS) is 27.3. The van der Waals surface area contributed by atoms with Crippen molar-refractivity contribution in [3.63, 3.8) is 0 Å². The minimum Gasteiger partial charge on any atom is -0.481 e. The van der Waals surface area contributed by atoms with E-state index in [1.54, 1.807) is 4.90 Å². The van der Waals surface area contributed by atoms with Gasteiger partial charge in [-0.25, -0.2) is 4.79 Å². The van der Waals surface area contributed by atoms with Gasteiger partial charge in [0.15, 0.2) is 0 Å². The highest BCUT2D eigenvalue weighted by atomic mass is 16.5. The molecule has 2 heterocycles. The molecular formula is C15H26N2O4. The molecule has 6 heteroatoms. The predicted octanol–water partition coefficient (Wildman–Crippen LogP) is 1.94. The Kier molecular flexibility index (Phi) is 5.85. The van der Waals surface area contributed by atoms with Crippen LogP contribution in [0.5, 0.6) is 0 Å². The van der Waals surface area contributed by atoms with Crippen LogP contribution in [0.25, 0.3) is 0 Å². The number of ether oxygens (including phenoxy) is 1. The molecule has 1 N–H and O–H groups in total. The Hall–Kier alpha value is -1.30. The van der Waals surface area contributed by atoms with E-state index in [4.69, 9.17) is 9.84 Å². The number of morpholine rings is 1. The zero-order valence-electron chi connectivity index (χ0n) is 12.8. The molecule has 2 amide bonds. The molecule has 0 aromatic rings. The van der Waals surface area contributed by atoms with Gasteiger partial charge in [0.25, 0.3) is 0 Å². The number of amides is 2. The van der Waals surface area contributed by atoms with Gasteiger partial charge in [-0.2, -0.15) is 0 Å². The van der Waals surface area contributed by atoms with E-state index in [9.17, 15) is 9.59 Å². The Morgan fingerprint density at radius 3 is 2.76 bits per heavy atom. The molecule has 2 aliphatic heterocycles. The van der Waals surface area contributed by atoms with Gasteiger partial charge in [-0.05, 0) is 19.3 Å². The van der Waals surface area contributed by atoms with Crippen molar-refractivity contribution < 1.29 is 19.4 Å². The first-order valence-corrected chi connectivity index (χ1v) is 8.00. The van der Waals surface area contributed by atoms with Crippen molar-refractivity contribution in [2.24, 2.45) is 0 Å². The van der Waals surface area contributed by atoms with Crippen LogP contribution in [0.3, 0.4) is 0 Å². The molecule has 2 fully saturated rings. The molecule has 2 unspecified atom stereocenters. The van der Waals surface area contributed by atoms with Crippen molar-refractivity contribution in [1.82, 2.24) is 9.80 Å². The zero-order valence-corrected chi connectivity index (χ0v) is 12.8. The van der Waals surface area contributed by atoms with E-state index in [2.05, 4.69) is 6.92 Å². The van der Waals surface area contributed by atoms with Crippen LogP contribution >= 0.6 is 0 Å². The lowest BCUT2D eigenvalue weighted by molar-refractivity contribution is -0.141. The molecule has 2 aliphatic rings. The second-order valence-corrected chi connectivity index (χ2v) is 5.92. The smallest absolute Gasteiger partial charge is 0.320 e. The topological polar surface area (TPSA) is 70.1 Å². The monoisotopic (exact) mass is 298 g/mol. The summed E-state index contributed by atoms with van der Waals surface area (Å²) in [6, 6.07) is 0.378. The number of aliphatic carboxylic acids is 1. The highest BCUT2D eigenvalue weighted by Gasteiger charge is 2.32. The maximum Gasteiger partial charge on any atom is 0.320 e. The number of rotatable bonds is 3. The number of carboxylic acid groups (broad SMARTS) is 1. The third-order valence-electron chi connectivity index (χ3n) is 4.41. The molecular weight excluding hydrogens is 272 g/mol. The number of likely N-dealkylation sites (tertiary alicyclic amines) is 1. The molecule has 2 atom stereocenters. The summed E-state index contributed by atoms with van der Waals surface area (Å²) < 4.78 is 5.44. The first-order chi connectivity index (χ1) is 10.1. The van der Waals surface area contributed by atoms with Crippen molar-refractivity contribution in [2.45, 2.75) is 57.6 Å². The molecule has 0 aromatic carbocycles. The maximum absolute atomic E-state index is 12.8. The molecule has 2 rings (SSSR count). The van der Waals surface area contributed by atoms with Gasteiger partial charge in [-0.3, -0.25) is 4.79 Å². The van der Waals surface area contributed by atoms with E-state index < -0.39 is 5.97 Å². The van der Waals surface area contributed by atoms with Crippen LogP contribution in [0.15, 0.2) is 0 Å². The summed E-state index contributed by atoms with van der Waals surface area (Å²) in [4.78, 5) is 27.3. The van der Waals surface area contributed by atoms with E-state index in [0.29, 0.717) is 25.7 Å². The number of carboxylic acids is 1. The molecule has 120 valence electrons. The van der Waals surface area contributed by atoms with Gasteiger partial charge in [0.05, 0.1) is 19.1 Å². The first-order valence-electron chi connectivity index (χ1n) is 8.00. The summed E-state index contributed by atoms with van der Waals surface area (Å²) in [5.74, 6) is -0.879. The Bertz CT molecular complexity index is 375. The lowest BCUT2D eigenvalue weighted by Crippen LogP contribution is -2.53. The second kappa shape index (κ2) is 7.64. The summed E-state index contributed by atoms with van der Waals surface area (Å²) in [6.07, 6.45) is 5.07. The van der Waals surface area contributed by atoms with Crippen LogP contribution in [0.1, 0.15) is 45.4 Å². The van der Waals surface area contributed by atoms with E-state index in [1.165, 1.54) is 12.8 Å². The van der Waals surface area contributed by atoms with Gasteiger partial charge in [-0.1, -0.05) is 19.8 Å². The Balaban J connectivity index is 1.98. The van der Waals surface area contributed by atoms with Gasteiger partial charge in [-0.15, -0.1) is 0 Å². The molecule has 0 spiro atoms. The van der Waals surface area contributed by atoms with Crippen LogP contribution < -0.4 is 0 Å². The first kappa shape index (κ1) is 16.1. The zero-order chi connectivity index (χ0) is 15.2. The molecule has 6 nitrogen and oxygen atoms in total. The van der Waals surface area contributed by atoms with Crippen LogP contribution in [0.2, 0.25) is 0 Å². The largest absolute Gasteiger partial charge is 0.481 e. The van der Waals surface area contributed by atoms with Crippen molar-refractivity contribution in [3.05, 3.63) is 0 Å². The minimum atomic E-state index is -0.879. The van der Waals surface area contributed by atoms with Gasteiger partial charge in [0, 0.05) is 25.7 Å². The number of nitrogens with zero attached hydrogens (tertiary/aromatic N) is 2. The summed E-state index contributed by atoms with van der Waals surface area (Å²) >= 11 is 0. The summed E-state index contributed by atoms with van der Waals surface area (Å²) in [5, 5.41) is 8.86. The quantitative estimate of drug-likeness (QED) is 0.864. The van der Waals surface area contributed by atoms with Gasteiger partial charge >= 0.3 is 12.0 Å². The Morgan fingerprint density at radius 1 is 1.24 bits per heavy atom. The summed E-state index contributed by atoms with van der Waals surface area (Å²) in [6.45, 7) is 4.31. The van der Waals surface area contributed by atoms with Gasteiger partial charge in [0.1, 0.15) is 0 Å². The minimum absolute atomic E-state index is 0.0407. The fourth-order valence-electron chi connectivity index (χ4n) is 3.25. The number of hydrogen-bond acceptors (Lipinski definition) is 3. The highest BCUT2D eigenvalue weighted by Crippen LogP contribution is 2.21. The number of carbonyl (C=O) groups is 2. The van der Waals surface area contributed by atoms with Gasteiger partial charge < -0.3 is 19.6 Å². The molecule has 0 aliphatic carbocycles. The maximum atomic E-state index is 12.8. The molecule has 0 bridgehead atoms. The predicted molar refractivity (Wildman–Crippen MR) is 78.2 cm³/mol. The van der Waals surface area contributed by atoms with Crippen molar-refractivity contribution >= 4 is 12.0 Å². The summed E-state index contributed by atoms with van der Waals surface area (Å²) in [5.41, 5.74) is 0. The fraction of sp³-hybridized carbons (Fsp3) is 0.867. The average molecular weight is 298 g/mol.